The number of para-hydroxylation sites is 2. The van der Waals surface area contributed by atoms with Gasteiger partial charge in [0.1, 0.15) is 5.75 Å². The molecule has 6 heteroatoms. The lowest BCUT2D eigenvalue weighted by Crippen LogP contribution is -2.37. The van der Waals surface area contributed by atoms with Gasteiger partial charge in [0.2, 0.25) is 0 Å². The van der Waals surface area contributed by atoms with Crippen molar-refractivity contribution in [3.63, 3.8) is 0 Å². The van der Waals surface area contributed by atoms with Gasteiger partial charge in [-0.2, -0.15) is 0 Å². The molecular formula is C19H21N3O2S. The van der Waals surface area contributed by atoms with E-state index in [2.05, 4.69) is 17.2 Å². The van der Waals surface area contributed by atoms with E-state index >= 15 is 0 Å². The van der Waals surface area contributed by atoms with Gasteiger partial charge >= 0.3 is 6.03 Å². The molecule has 1 heterocycles. The van der Waals surface area contributed by atoms with Gasteiger partial charge in [-0.1, -0.05) is 61.2 Å². The van der Waals surface area contributed by atoms with Crippen molar-refractivity contribution in [2.24, 2.45) is 4.99 Å². The Morgan fingerprint density at radius 2 is 1.96 bits per heavy atom. The molecule has 3 rings (SSSR count). The van der Waals surface area contributed by atoms with Crippen molar-refractivity contribution in [3.8, 4) is 5.75 Å². The summed E-state index contributed by atoms with van der Waals surface area (Å²) in [4.78, 5) is 19.2. The molecule has 0 radical (unpaired) electrons. The highest BCUT2D eigenvalue weighted by Gasteiger charge is 2.26. The number of nitrogens with one attached hydrogen (secondary N) is 1. The number of carbonyl (C=O) groups excluding carboxylic acids is 1. The third-order valence-corrected chi connectivity index (χ3v) is 4.91. The van der Waals surface area contributed by atoms with E-state index in [1.54, 1.807) is 23.8 Å². The Kier molecular flexibility index (Phi) is 5.60. The molecule has 0 aliphatic carbocycles. The predicted octanol–water partition coefficient (Wildman–Crippen LogP) is 4.22. The first kappa shape index (κ1) is 17.4. The summed E-state index contributed by atoms with van der Waals surface area (Å²) in [5, 5.41) is 4.08. The van der Waals surface area contributed by atoms with Crippen molar-refractivity contribution < 1.29 is 9.53 Å². The average molecular weight is 355 g/mol. The van der Waals surface area contributed by atoms with Gasteiger partial charge in [0.25, 0.3) is 0 Å². The fourth-order valence-electron chi connectivity index (χ4n) is 2.53. The van der Waals surface area contributed by atoms with Gasteiger partial charge in [0, 0.05) is 5.25 Å². The number of benzene rings is 2. The molecule has 130 valence electrons. The van der Waals surface area contributed by atoms with Gasteiger partial charge in [-0.25, -0.2) is 4.79 Å². The number of hydrogen-bond acceptors (Lipinski definition) is 4. The smallest absolute Gasteiger partial charge is 0.328 e. The number of hydrogen-bond donors (Lipinski definition) is 1. The fraction of sp³-hybridized carbons (Fsp3) is 0.263. The molecule has 0 spiro atoms. The molecule has 1 aliphatic rings. The van der Waals surface area contributed by atoms with Gasteiger partial charge in [-0.15, -0.1) is 0 Å². The minimum absolute atomic E-state index is 0.214. The Morgan fingerprint density at radius 1 is 1.24 bits per heavy atom. The second-order valence-corrected chi connectivity index (χ2v) is 7.16. The lowest BCUT2D eigenvalue weighted by molar-refractivity contribution is 0.233. The van der Waals surface area contributed by atoms with Gasteiger partial charge in [0.15, 0.2) is 5.17 Å². The van der Waals surface area contributed by atoms with Crippen molar-refractivity contribution >= 4 is 28.6 Å². The van der Waals surface area contributed by atoms with Crippen LogP contribution in [-0.2, 0) is 6.54 Å². The van der Waals surface area contributed by atoms with Crippen LogP contribution in [0, 0.1) is 0 Å². The van der Waals surface area contributed by atoms with Crippen LogP contribution in [0.2, 0.25) is 0 Å². The van der Waals surface area contributed by atoms with E-state index in [1.165, 1.54) is 0 Å². The number of rotatable bonds is 4. The Labute approximate surface area is 152 Å². The zero-order chi connectivity index (χ0) is 17.6. The first-order chi connectivity index (χ1) is 12.2. The van der Waals surface area contributed by atoms with E-state index in [9.17, 15) is 4.79 Å². The number of methoxy groups -OCH3 is 1. The average Bonchev–Trinajstić information content (AvgIpc) is 3.07. The highest BCUT2D eigenvalue weighted by Crippen LogP contribution is 2.27. The van der Waals surface area contributed by atoms with Gasteiger partial charge < -0.3 is 10.1 Å². The van der Waals surface area contributed by atoms with Gasteiger partial charge in [-0.3, -0.25) is 9.89 Å². The van der Waals surface area contributed by atoms with Crippen LogP contribution in [0.15, 0.2) is 59.6 Å². The normalized spacial score (nSPS) is 16.2. The quantitative estimate of drug-likeness (QED) is 0.893. The molecule has 5 nitrogen and oxygen atoms in total. The van der Waals surface area contributed by atoms with Crippen LogP contribution in [0.4, 0.5) is 10.5 Å². The van der Waals surface area contributed by atoms with Crippen LogP contribution < -0.4 is 10.1 Å². The van der Waals surface area contributed by atoms with Crippen LogP contribution in [0.5, 0.6) is 5.75 Å². The second kappa shape index (κ2) is 8.07. The summed E-state index contributed by atoms with van der Waals surface area (Å²) in [6.07, 6.45) is 0. The SMILES string of the molecule is COc1ccccc1NC(=O)N(Cc1ccccc1)C1=NC[C@@H](C)S1. The van der Waals surface area contributed by atoms with Crippen molar-refractivity contribution in [2.75, 3.05) is 19.0 Å². The maximum atomic E-state index is 12.9. The van der Waals surface area contributed by atoms with E-state index in [0.717, 1.165) is 17.3 Å². The summed E-state index contributed by atoms with van der Waals surface area (Å²) in [7, 11) is 1.59. The molecule has 0 saturated carbocycles. The van der Waals surface area contributed by atoms with E-state index in [-0.39, 0.29) is 6.03 Å². The highest BCUT2D eigenvalue weighted by atomic mass is 32.2. The second-order valence-electron chi connectivity index (χ2n) is 5.75. The minimum atomic E-state index is -0.214. The summed E-state index contributed by atoms with van der Waals surface area (Å²) in [6, 6.07) is 17.1. The monoisotopic (exact) mass is 355 g/mol. The fourth-order valence-corrected chi connectivity index (χ4v) is 3.47. The van der Waals surface area contributed by atoms with Crippen LogP contribution in [-0.4, -0.2) is 35.0 Å². The number of nitrogens with zero attached hydrogens (tertiary/aromatic N) is 2. The third kappa shape index (κ3) is 4.33. The molecule has 1 N–H and O–H groups in total. The van der Waals surface area contributed by atoms with E-state index in [1.807, 2.05) is 54.6 Å². The predicted molar refractivity (Wildman–Crippen MR) is 103 cm³/mol. The van der Waals surface area contributed by atoms with E-state index < -0.39 is 0 Å². The zero-order valence-electron chi connectivity index (χ0n) is 14.3. The maximum absolute atomic E-state index is 12.9. The summed E-state index contributed by atoms with van der Waals surface area (Å²) in [5.41, 5.74) is 1.70. The highest BCUT2D eigenvalue weighted by molar-refractivity contribution is 8.14. The van der Waals surface area contributed by atoms with Crippen LogP contribution in [0.25, 0.3) is 0 Å². The lowest BCUT2D eigenvalue weighted by Gasteiger charge is -2.23. The molecule has 1 aliphatic heterocycles. The number of ether oxygens (including phenoxy) is 1. The Balaban J connectivity index is 1.82. The largest absolute Gasteiger partial charge is 0.495 e. The molecular weight excluding hydrogens is 334 g/mol. The number of anilines is 1. The number of urea groups is 1. The van der Waals surface area contributed by atoms with Crippen molar-refractivity contribution in [1.82, 2.24) is 4.90 Å². The molecule has 25 heavy (non-hydrogen) atoms. The first-order valence-corrected chi connectivity index (χ1v) is 9.02. The van der Waals surface area contributed by atoms with Gasteiger partial charge in [-0.05, 0) is 17.7 Å². The maximum Gasteiger partial charge on any atom is 0.328 e. The van der Waals surface area contributed by atoms with Crippen LogP contribution >= 0.6 is 11.8 Å². The number of aliphatic imine (C=N–C) groups is 1. The van der Waals surface area contributed by atoms with E-state index in [4.69, 9.17) is 4.74 Å². The summed E-state index contributed by atoms with van der Waals surface area (Å²) in [5.74, 6) is 0.630. The standard InChI is InChI=1S/C19H21N3O2S/c1-14-12-20-19(25-14)22(13-15-8-4-3-5-9-15)18(23)21-16-10-6-7-11-17(16)24-2/h3-11,14H,12-13H2,1-2H3,(H,21,23)/t14-/m1/s1. The van der Waals surface area contributed by atoms with Crippen molar-refractivity contribution in [1.29, 1.82) is 0 Å². The van der Waals surface area contributed by atoms with Crippen molar-refractivity contribution in [3.05, 3.63) is 60.2 Å². The Morgan fingerprint density at radius 3 is 2.64 bits per heavy atom. The molecule has 2 aromatic carbocycles. The Bertz CT molecular complexity index is 764. The topological polar surface area (TPSA) is 53.9 Å². The molecule has 0 bridgehead atoms. The molecule has 2 amide bonds. The zero-order valence-corrected chi connectivity index (χ0v) is 15.1. The van der Waals surface area contributed by atoms with Crippen molar-refractivity contribution in [2.45, 2.75) is 18.7 Å². The Hall–Kier alpha value is -2.47. The summed E-state index contributed by atoms with van der Waals surface area (Å²) >= 11 is 1.63. The summed E-state index contributed by atoms with van der Waals surface area (Å²) < 4.78 is 5.32. The number of thioether (sulfide) groups is 1. The summed E-state index contributed by atoms with van der Waals surface area (Å²) in [6.45, 7) is 3.31. The number of amides is 2. The van der Waals surface area contributed by atoms with Crippen LogP contribution in [0.1, 0.15) is 12.5 Å². The molecule has 0 saturated heterocycles. The third-order valence-electron chi connectivity index (χ3n) is 3.80. The van der Waals surface area contributed by atoms with Gasteiger partial charge in [0.05, 0.1) is 25.9 Å². The minimum Gasteiger partial charge on any atom is -0.495 e. The molecule has 0 fully saturated rings. The lowest BCUT2D eigenvalue weighted by atomic mass is 10.2. The molecule has 1 atom stereocenters. The first-order valence-electron chi connectivity index (χ1n) is 8.14. The molecule has 0 aromatic heterocycles. The molecule has 2 aromatic rings. The number of carbonyl (C=O) groups is 1. The van der Waals surface area contributed by atoms with E-state index in [0.29, 0.717) is 23.2 Å². The molecule has 0 unspecified atom stereocenters. The van der Waals surface area contributed by atoms with Crippen LogP contribution in [0.3, 0.4) is 0 Å². The number of amidine groups is 1.